The minimum Gasteiger partial charge on any atom is -0.330 e. The number of nitrogens with one attached hydrogen (secondary N) is 1. The third kappa shape index (κ3) is 4.47. The van der Waals surface area contributed by atoms with Crippen molar-refractivity contribution < 1.29 is 4.79 Å². The number of anilines is 1. The molecular weight excluding hydrogens is 362 g/mol. The number of carbonyl (C=O) groups is 1. The number of hydrogen-bond donors (Lipinski definition) is 1. The lowest BCUT2D eigenvalue weighted by molar-refractivity contribution is 0.193. The van der Waals surface area contributed by atoms with Crippen LogP contribution in [0.25, 0.3) is 0 Å². The van der Waals surface area contributed by atoms with Crippen LogP contribution in [0.15, 0.2) is 61.2 Å². The Balaban J connectivity index is 1.36. The molecule has 1 N–H and O–H groups in total. The van der Waals surface area contributed by atoms with E-state index < -0.39 is 0 Å². The number of pyridine rings is 1. The Bertz CT molecular complexity index is 945. The summed E-state index contributed by atoms with van der Waals surface area (Å²) in [6.07, 6.45) is 10.3. The van der Waals surface area contributed by atoms with Crippen LogP contribution in [0.5, 0.6) is 0 Å². The van der Waals surface area contributed by atoms with Crippen molar-refractivity contribution in [1.29, 1.82) is 0 Å². The molecule has 150 valence electrons. The number of piperidine rings is 1. The van der Waals surface area contributed by atoms with Crippen molar-refractivity contribution >= 4 is 11.7 Å². The zero-order valence-corrected chi connectivity index (χ0v) is 16.8. The molecule has 1 aromatic carbocycles. The van der Waals surface area contributed by atoms with Gasteiger partial charge in [0.1, 0.15) is 5.82 Å². The maximum Gasteiger partial charge on any atom is 0.321 e. The molecule has 0 radical (unpaired) electrons. The van der Waals surface area contributed by atoms with Gasteiger partial charge in [0.25, 0.3) is 0 Å². The molecule has 1 fully saturated rings. The van der Waals surface area contributed by atoms with Crippen LogP contribution < -0.4 is 5.32 Å². The number of urea groups is 1. The van der Waals surface area contributed by atoms with Gasteiger partial charge in [-0.05, 0) is 48.6 Å². The van der Waals surface area contributed by atoms with Crippen molar-refractivity contribution in [2.24, 2.45) is 0 Å². The first-order valence-corrected chi connectivity index (χ1v) is 10.3. The highest BCUT2D eigenvalue weighted by Crippen LogP contribution is 2.28. The summed E-state index contributed by atoms with van der Waals surface area (Å²) in [4.78, 5) is 23.3. The number of imidazole rings is 1. The van der Waals surface area contributed by atoms with Gasteiger partial charge in [-0.2, -0.15) is 0 Å². The highest BCUT2D eigenvalue weighted by Gasteiger charge is 2.26. The fourth-order valence-electron chi connectivity index (χ4n) is 3.98. The van der Waals surface area contributed by atoms with Crippen molar-refractivity contribution in [1.82, 2.24) is 19.4 Å². The number of carbonyl (C=O) groups excluding carboxylic acids is 1. The van der Waals surface area contributed by atoms with Gasteiger partial charge in [-0.15, -0.1) is 0 Å². The lowest BCUT2D eigenvalue weighted by Gasteiger charge is -2.32. The Morgan fingerprint density at radius 1 is 1.10 bits per heavy atom. The van der Waals surface area contributed by atoms with E-state index >= 15 is 0 Å². The van der Waals surface area contributed by atoms with Crippen LogP contribution >= 0.6 is 0 Å². The van der Waals surface area contributed by atoms with Gasteiger partial charge in [0.05, 0.1) is 0 Å². The number of nitrogens with zero attached hydrogens (tertiary/aromatic N) is 4. The second kappa shape index (κ2) is 8.90. The molecule has 3 heterocycles. The number of rotatable bonds is 5. The topological polar surface area (TPSA) is 63.1 Å². The summed E-state index contributed by atoms with van der Waals surface area (Å²) in [5, 5.41) is 3.09. The highest BCUT2D eigenvalue weighted by molar-refractivity contribution is 5.90. The van der Waals surface area contributed by atoms with Gasteiger partial charge < -0.3 is 14.8 Å². The molecule has 1 aliphatic rings. The van der Waals surface area contributed by atoms with E-state index in [2.05, 4.69) is 32.8 Å². The minimum atomic E-state index is -0.00974. The number of benzene rings is 1. The molecule has 1 aliphatic heterocycles. The second-order valence-corrected chi connectivity index (χ2v) is 7.47. The van der Waals surface area contributed by atoms with E-state index in [0.29, 0.717) is 5.92 Å². The minimum absolute atomic E-state index is 0.00974. The van der Waals surface area contributed by atoms with Crippen LogP contribution in [-0.4, -0.2) is 38.6 Å². The van der Waals surface area contributed by atoms with Crippen molar-refractivity contribution in [2.45, 2.75) is 38.6 Å². The van der Waals surface area contributed by atoms with E-state index in [1.165, 1.54) is 5.56 Å². The van der Waals surface area contributed by atoms with E-state index in [9.17, 15) is 4.79 Å². The van der Waals surface area contributed by atoms with Crippen molar-refractivity contribution in [3.8, 4) is 0 Å². The van der Waals surface area contributed by atoms with Gasteiger partial charge in [0.2, 0.25) is 0 Å². The summed E-state index contributed by atoms with van der Waals surface area (Å²) >= 11 is 0. The van der Waals surface area contributed by atoms with Gasteiger partial charge in [-0.25, -0.2) is 9.78 Å². The number of para-hydroxylation sites is 1. The van der Waals surface area contributed by atoms with E-state index in [1.54, 1.807) is 0 Å². The maximum absolute atomic E-state index is 12.7. The van der Waals surface area contributed by atoms with Crippen LogP contribution in [0.4, 0.5) is 10.5 Å². The fourth-order valence-corrected chi connectivity index (χ4v) is 3.98. The van der Waals surface area contributed by atoms with E-state index in [0.717, 1.165) is 56.0 Å². The lowest BCUT2D eigenvalue weighted by atomic mass is 9.96. The third-order valence-electron chi connectivity index (χ3n) is 5.64. The summed E-state index contributed by atoms with van der Waals surface area (Å²) in [5.41, 5.74) is 3.29. The zero-order valence-electron chi connectivity index (χ0n) is 16.8. The van der Waals surface area contributed by atoms with Crippen LogP contribution in [0.3, 0.4) is 0 Å². The smallest absolute Gasteiger partial charge is 0.321 e. The summed E-state index contributed by atoms with van der Waals surface area (Å²) in [7, 11) is 0. The van der Waals surface area contributed by atoms with Gasteiger partial charge in [-0.3, -0.25) is 4.98 Å². The molecule has 2 aromatic heterocycles. The first-order chi connectivity index (χ1) is 14.2. The first-order valence-electron chi connectivity index (χ1n) is 10.3. The molecular formula is C23H27N5O. The summed E-state index contributed by atoms with van der Waals surface area (Å²) in [6.45, 7) is 4.39. The number of likely N-dealkylation sites (tertiary alicyclic amines) is 1. The molecule has 0 aliphatic carbocycles. The third-order valence-corrected chi connectivity index (χ3v) is 5.64. The Labute approximate surface area is 171 Å². The molecule has 1 saturated heterocycles. The molecule has 6 heteroatoms. The average Bonchev–Trinajstić information content (AvgIpc) is 3.23. The molecule has 0 unspecified atom stereocenters. The zero-order chi connectivity index (χ0) is 20.1. The highest BCUT2D eigenvalue weighted by atomic mass is 16.2. The Hall–Kier alpha value is -3.15. The van der Waals surface area contributed by atoms with Gasteiger partial charge >= 0.3 is 6.03 Å². The van der Waals surface area contributed by atoms with E-state index in [-0.39, 0.29) is 6.03 Å². The quantitative estimate of drug-likeness (QED) is 0.708. The number of aromatic nitrogens is 3. The number of amides is 2. The number of hydrogen-bond acceptors (Lipinski definition) is 3. The predicted molar refractivity (Wildman–Crippen MR) is 114 cm³/mol. The summed E-state index contributed by atoms with van der Waals surface area (Å²) < 4.78 is 2.22. The maximum atomic E-state index is 12.7. The van der Waals surface area contributed by atoms with Crippen LogP contribution in [0, 0.1) is 0 Å². The standard InChI is InChI=1S/C23H27N5O/c1-2-19-5-3-4-6-21(19)26-23(29)27-14-9-20(10-15-27)22-25-13-16-28(22)17-18-7-11-24-12-8-18/h3-8,11-13,16,20H,2,9-10,14-15,17H2,1H3,(H,26,29). The SMILES string of the molecule is CCc1ccccc1NC(=O)N1CCC(c2nccn2Cc2ccncc2)CC1. The van der Waals surface area contributed by atoms with E-state index in [4.69, 9.17) is 0 Å². The normalized spacial score (nSPS) is 14.7. The molecule has 4 rings (SSSR count). The summed E-state index contributed by atoms with van der Waals surface area (Å²) in [6, 6.07) is 12.1. The fraction of sp³-hybridized carbons (Fsp3) is 0.348. The van der Waals surface area contributed by atoms with Crippen molar-refractivity contribution in [3.05, 3.63) is 78.1 Å². The lowest BCUT2D eigenvalue weighted by Crippen LogP contribution is -2.41. The number of aryl methyl sites for hydroxylation is 1. The van der Waals surface area contributed by atoms with Crippen LogP contribution in [-0.2, 0) is 13.0 Å². The molecule has 29 heavy (non-hydrogen) atoms. The van der Waals surface area contributed by atoms with Crippen LogP contribution in [0.1, 0.15) is 42.6 Å². The van der Waals surface area contributed by atoms with Gasteiger partial charge in [-0.1, -0.05) is 25.1 Å². The van der Waals surface area contributed by atoms with Crippen molar-refractivity contribution in [3.63, 3.8) is 0 Å². The Morgan fingerprint density at radius 2 is 1.86 bits per heavy atom. The van der Waals surface area contributed by atoms with Crippen LogP contribution in [0.2, 0.25) is 0 Å². The monoisotopic (exact) mass is 389 g/mol. The molecule has 6 nitrogen and oxygen atoms in total. The Morgan fingerprint density at radius 3 is 2.62 bits per heavy atom. The Kier molecular flexibility index (Phi) is 5.89. The van der Waals surface area contributed by atoms with Crippen molar-refractivity contribution in [2.75, 3.05) is 18.4 Å². The molecule has 0 bridgehead atoms. The predicted octanol–water partition coefficient (Wildman–Crippen LogP) is 4.30. The second-order valence-electron chi connectivity index (χ2n) is 7.47. The molecule has 2 amide bonds. The molecule has 0 atom stereocenters. The van der Waals surface area contributed by atoms with Gasteiger partial charge in [0.15, 0.2) is 0 Å². The molecule has 0 spiro atoms. The largest absolute Gasteiger partial charge is 0.330 e. The van der Waals surface area contributed by atoms with E-state index in [1.807, 2.05) is 60.0 Å². The van der Waals surface area contributed by atoms with Gasteiger partial charge in [0, 0.05) is 56.0 Å². The molecule has 0 saturated carbocycles. The molecule has 3 aromatic rings. The average molecular weight is 390 g/mol. The summed E-state index contributed by atoms with van der Waals surface area (Å²) in [5.74, 6) is 1.48. The first kappa shape index (κ1) is 19.2.